The number of rotatable bonds is 1. The first-order valence-electron chi connectivity index (χ1n) is 6.93. The molecule has 2 aromatic rings. The second kappa shape index (κ2) is 4.27. The summed E-state index contributed by atoms with van der Waals surface area (Å²) in [5.74, 6) is 0. The lowest BCUT2D eigenvalue weighted by Crippen LogP contribution is -2.54. The fourth-order valence-electron chi connectivity index (χ4n) is 3.77. The average Bonchev–Trinajstić information content (AvgIpc) is 2.83. The van der Waals surface area contributed by atoms with Gasteiger partial charge in [0.15, 0.2) is 0 Å². The number of hydrogen-bond acceptors (Lipinski definition) is 3. The molecule has 2 nitrogen and oxygen atoms in total. The lowest BCUT2D eigenvalue weighted by molar-refractivity contribution is 0.0460. The second-order valence-electron chi connectivity index (χ2n) is 6.06. The van der Waals surface area contributed by atoms with Gasteiger partial charge >= 0.3 is 0 Å². The molecule has 0 unspecified atom stereocenters. The Morgan fingerprint density at radius 3 is 2.89 bits per heavy atom. The third kappa shape index (κ3) is 1.88. The largest absolute Gasteiger partial charge is 0.302 e. The first kappa shape index (κ1) is 12.3. The molecule has 2 saturated heterocycles. The van der Waals surface area contributed by atoms with Gasteiger partial charge in [-0.3, -0.25) is 0 Å². The van der Waals surface area contributed by atoms with Crippen LogP contribution in [-0.2, 0) is 5.41 Å². The molecule has 1 aromatic heterocycles. The maximum Gasteiger partial charge on any atom is 0.101 e. The molecule has 1 saturated carbocycles. The molecule has 1 aromatic carbocycles. The molecule has 5 rings (SSSR count). The number of thiazole rings is 1. The highest BCUT2D eigenvalue weighted by atomic mass is 79.9. The zero-order valence-electron chi connectivity index (χ0n) is 11.0. The Morgan fingerprint density at radius 2 is 2.16 bits per heavy atom. The summed E-state index contributed by atoms with van der Waals surface area (Å²) in [7, 11) is 2.28. The maximum atomic E-state index is 4.96. The van der Waals surface area contributed by atoms with E-state index in [2.05, 4.69) is 46.1 Å². The molecule has 0 atom stereocenters. The van der Waals surface area contributed by atoms with E-state index in [4.69, 9.17) is 4.98 Å². The second-order valence-corrected chi connectivity index (χ2v) is 8.00. The number of benzene rings is 1. The first-order valence-corrected chi connectivity index (χ1v) is 8.54. The van der Waals surface area contributed by atoms with Gasteiger partial charge in [-0.2, -0.15) is 0 Å². The fourth-order valence-corrected chi connectivity index (χ4v) is 5.30. The van der Waals surface area contributed by atoms with Crippen molar-refractivity contribution in [3.05, 3.63) is 27.7 Å². The van der Waals surface area contributed by atoms with Crippen LogP contribution in [0.1, 0.15) is 30.7 Å². The summed E-state index contributed by atoms with van der Waals surface area (Å²) in [5, 5.41) is 1.37. The van der Waals surface area contributed by atoms with Crippen molar-refractivity contribution in [2.45, 2.75) is 37.1 Å². The highest BCUT2D eigenvalue weighted by Crippen LogP contribution is 2.47. The molecule has 3 heterocycles. The van der Waals surface area contributed by atoms with Crippen molar-refractivity contribution in [1.29, 1.82) is 0 Å². The Hall–Kier alpha value is -0.450. The minimum Gasteiger partial charge on any atom is -0.302 e. The number of likely N-dealkylation sites (N-methyl/N-ethyl adjacent to an activating group) is 1. The predicted molar refractivity (Wildman–Crippen MR) is 83.9 cm³/mol. The monoisotopic (exact) mass is 336 g/mol. The summed E-state index contributed by atoms with van der Waals surface area (Å²) in [5.41, 5.74) is 1.48. The lowest BCUT2D eigenvalue weighted by Gasteiger charge is -2.50. The Morgan fingerprint density at radius 1 is 1.37 bits per heavy atom. The predicted octanol–water partition coefficient (Wildman–Crippen LogP) is 4.18. The first-order chi connectivity index (χ1) is 9.16. The van der Waals surface area contributed by atoms with E-state index in [1.165, 1.54) is 41.9 Å². The van der Waals surface area contributed by atoms with Crippen molar-refractivity contribution in [2.75, 3.05) is 13.6 Å². The van der Waals surface area contributed by atoms with E-state index in [-0.39, 0.29) is 0 Å². The van der Waals surface area contributed by atoms with Gasteiger partial charge in [-0.05, 0) is 50.9 Å². The van der Waals surface area contributed by atoms with Crippen LogP contribution in [0, 0.1) is 0 Å². The van der Waals surface area contributed by atoms with Gasteiger partial charge in [0.1, 0.15) is 5.01 Å². The molecule has 3 aliphatic rings. The summed E-state index contributed by atoms with van der Waals surface area (Å²) >= 11 is 5.45. The molecule has 1 aliphatic carbocycles. The van der Waals surface area contributed by atoms with Crippen molar-refractivity contribution in [1.82, 2.24) is 9.88 Å². The molecule has 4 heteroatoms. The van der Waals surface area contributed by atoms with E-state index in [0.717, 1.165) is 16.0 Å². The van der Waals surface area contributed by atoms with Gasteiger partial charge in [-0.1, -0.05) is 15.9 Å². The van der Waals surface area contributed by atoms with Gasteiger partial charge in [-0.15, -0.1) is 11.3 Å². The zero-order chi connectivity index (χ0) is 13.0. The van der Waals surface area contributed by atoms with Crippen molar-refractivity contribution in [3.63, 3.8) is 0 Å². The number of aromatic nitrogens is 1. The van der Waals surface area contributed by atoms with E-state index in [0.29, 0.717) is 5.41 Å². The molecule has 2 aliphatic heterocycles. The normalized spacial score (nSPS) is 31.2. The lowest BCUT2D eigenvalue weighted by atomic mass is 9.68. The topological polar surface area (TPSA) is 16.1 Å². The summed E-state index contributed by atoms with van der Waals surface area (Å²) in [6.45, 7) is 1.19. The van der Waals surface area contributed by atoms with Crippen LogP contribution < -0.4 is 0 Å². The summed E-state index contributed by atoms with van der Waals surface area (Å²) in [6, 6.07) is 7.27. The molecular formula is C15H17BrN2S. The quantitative estimate of drug-likeness (QED) is 0.776. The van der Waals surface area contributed by atoms with Gasteiger partial charge in [0.05, 0.1) is 10.2 Å². The molecular weight excluding hydrogens is 320 g/mol. The Labute approximate surface area is 126 Å². The summed E-state index contributed by atoms with van der Waals surface area (Å²) in [6.07, 6.45) is 5.33. The molecule has 2 bridgehead atoms. The van der Waals surface area contributed by atoms with Crippen LogP contribution in [-0.4, -0.2) is 29.5 Å². The van der Waals surface area contributed by atoms with Gasteiger partial charge in [0.2, 0.25) is 0 Å². The Bertz CT molecular complexity index is 628. The van der Waals surface area contributed by atoms with E-state index < -0.39 is 0 Å². The number of nitrogens with zero attached hydrogens (tertiary/aromatic N) is 2. The molecule has 100 valence electrons. The summed E-state index contributed by atoms with van der Waals surface area (Å²) < 4.78 is 2.45. The van der Waals surface area contributed by atoms with Crippen LogP contribution in [0.5, 0.6) is 0 Å². The van der Waals surface area contributed by atoms with Crippen LogP contribution in [0.4, 0.5) is 0 Å². The van der Waals surface area contributed by atoms with Crippen molar-refractivity contribution in [2.24, 2.45) is 0 Å². The fraction of sp³-hybridized carbons (Fsp3) is 0.533. The van der Waals surface area contributed by atoms with Crippen molar-refractivity contribution < 1.29 is 0 Å². The molecule has 0 radical (unpaired) electrons. The third-order valence-electron chi connectivity index (χ3n) is 4.89. The number of hydrogen-bond donors (Lipinski definition) is 0. The van der Waals surface area contributed by atoms with Gasteiger partial charge < -0.3 is 4.90 Å². The Balaban J connectivity index is 1.80. The van der Waals surface area contributed by atoms with Crippen LogP contribution >= 0.6 is 27.3 Å². The van der Waals surface area contributed by atoms with E-state index in [1.807, 2.05) is 11.3 Å². The molecule has 0 N–H and O–H groups in total. The van der Waals surface area contributed by atoms with Crippen LogP contribution in [0.25, 0.3) is 10.2 Å². The van der Waals surface area contributed by atoms with Crippen LogP contribution in [0.2, 0.25) is 0 Å². The van der Waals surface area contributed by atoms with Gasteiger partial charge in [-0.25, -0.2) is 4.98 Å². The number of piperidine rings is 2. The van der Waals surface area contributed by atoms with Crippen LogP contribution in [0.15, 0.2) is 22.7 Å². The highest BCUT2D eigenvalue weighted by molar-refractivity contribution is 9.10. The molecule has 19 heavy (non-hydrogen) atoms. The minimum atomic E-state index is 0.333. The van der Waals surface area contributed by atoms with Crippen molar-refractivity contribution in [3.8, 4) is 0 Å². The maximum absolute atomic E-state index is 4.96. The van der Waals surface area contributed by atoms with E-state index in [1.54, 1.807) is 0 Å². The van der Waals surface area contributed by atoms with Crippen LogP contribution in [0.3, 0.4) is 0 Å². The smallest absolute Gasteiger partial charge is 0.101 e. The van der Waals surface area contributed by atoms with Gasteiger partial charge in [0, 0.05) is 22.5 Å². The van der Waals surface area contributed by atoms with Gasteiger partial charge in [0.25, 0.3) is 0 Å². The minimum absolute atomic E-state index is 0.333. The molecule has 0 spiro atoms. The SMILES string of the molecule is CN1CC2(c3nc4cc(Br)ccc4s3)CCC1CC2. The molecule has 3 fully saturated rings. The Kier molecular flexibility index (Phi) is 2.77. The molecule has 0 amide bonds. The average molecular weight is 337 g/mol. The van der Waals surface area contributed by atoms with E-state index in [9.17, 15) is 0 Å². The number of fused-ring (bicyclic) bond motifs is 4. The number of halogens is 1. The van der Waals surface area contributed by atoms with Crippen molar-refractivity contribution >= 4 is 37.5 Å². The third-order valence-corrected chi connectivity index (χ3v) is 6.67. The standard InChI is InChI=1S/C15H17BrN2S/c1-18-9-15(6-4-11(18)5-7-15)14-17-12-8-10(16)2-3-13(12)19-14/h2-3,8,11H,4-7,9H2,1H3. The highest BCUT2D eigenvalue weighted by Gasteiger charge is 2.46. The van der Waals surface area contributed by atoms with E-state index >= 15 is 0 Å². The summed E-state index contributed by atoms with van der Waals surface area (Å²) in [4.78, 5) is 7.51. The zero-order valence-corrected chi connectivity index (χ0v) is 13.4.